The number of hydrogen-bond donors (Lipinski definition) is 0. The molecule has 0 aliphatic carbocycles. The first-order valence-electron chi connectivity index (χ1n) is 7.49. The standard InChI is InChI=1S/C18H19N3O2/c1-23-17(22)12-6-8-14-7-5-11-16(13-14)18(20-21-19)15-9-3-2-4-10-15/h2-5,7,9-11,13,18H,6,8,12H2,1H3. The molecule has 2 rings (SSSR count). The van der Waals surface area contributed by atoms with Crippen molar-refractivity contribution in [2.24, 2.45) is 5.11 Å². The molecule has 5 heteroatoms. The Hall–Kier alpha value is -2.78. The molecule has 1 unspecified atom stereocenters. The summed E-state index contributed by atoms with van der Waals surface area (Å²) < 4.78 is 4.65. The molecule has 23 heavy (non-hydrogen) atoms. The summed E-state index contributed by atoms with van der Waals surface area (Å²) in [5.41, 5.74) is 11.9. The number of rotatable bonds is 7. The van der Waals surface area contributed by atoms with E-state index in [1.165, 1.54) is 7.11 Å². The van der Waals surface area contributed by atoms with Crippen LogP contribution in [-0.4, -0.2) is 13.1 Å². The van der Waals surface area contributed by atoms with Crippen molar-refractivity contribution in [3.8, 4) is 0 Å². The Morgan fingerprint density at radius 2 is 1.91 bits per heavy atom. The first kappa shape index (κ1) is 16.6. The van der Waals surface area contributed by atoms with Gasteiger partial charge in [-0.2, -0.15) is 0 Å². The molecule has 0 spiro atoms. The van der Waals surface area contributed by atoms with Gasteiger partial charge in [0.1, 0.15) is 0 Å². The predicted octanol–water partition coefficient (Wildman–Crippen LogP) is 4.58. The minimum Gasteiger partial charge on any atom is -0.469 e. The summed E-state index contributed by atoms with van der Waals surface area (Å²) >= 11 is 0. The maximum absolute atomic E-state index is 11.2. The molecule has 5 nitrogen and oxygen atoms in total. The Balaban J connectivity index is 2.16. The number of ether oxygens (including phenoxy) is 1. The monoisotopic (exact) mass is 309 g/mol. The van der Waals surface area contributed by atoms with Gasteiger partial charge in [0.15, 0.2) is 0 Å². The topological polar surface area (TPSA) is 75.1 Å². The van der Waals surface area contributed by atoms with Gasteiger partial charge in [0.05, 0.1) is 13.2 Å². The van der Waals surface area contributed by atoms with E-state index in [-0.39, 0.29) is 12.0 Å². The van der Waals surface area contributed by atoms with Gasteiger partial charge >= 0.3 is 5.97 Å². The Morgan fingerprint density at radius 3 is 2.61 bits per heavy atom. The molecule has 0 heterocycles. The Bertz CT molecular complexity index is 694. The Morgan fingerprint density at radius 1 is 1.17 bits per heavy atom. The molecule has 0 aliphatic heterocycles. The zero-order valence-electron chi connectivity index (χ0n) is 13.1. The first-order valence-corrected chi connectivity index (χ1v) is 7.49. The summed E-state index contributed by atoms with van der Waals surface area (Å²) in [7, 11) is 1.40. The van der Waals surface area contributed by atoms with Crippen molar-refractivity contribution in [3.63, 3.8) is 0 Å². The smallest absolute Gasteiger partial charge is 0.305 e. The summed E-state index contributed by atoms with van der Waals surface area (Å²) in [5.74, 6) is -0.197. The highest BCUT2D eigenvalue weighted by Gasteiger charge is 2.12. The summed E-state index contributed by atoms with van der Waals surface area (Å²) in [6, 6.07) is 17.3. The molecular formula is C18H19N3O2. The van der Waals surface area contributed by atoms with E-state index in [4.69, 9.17) is 5.53 Å². The molecule has 0 fully saturated rings. The van der Waals surface area contributed by atoms with Crippen LogP contribution in [0.2, 0.25) is 0 Å². The fourth-order valence-electron chi connectivity index (χ4n) is 2.47. The van der Waals surface area contributed by atoms with Gasteiger partial charge in [0, 0.05) is 11.3 Å². The Labute approximate surface area is 135 Å². The highest BCUT2D eigenvalue weighted by Crippen LogP contribution is 2.27. The van der Waals surface area contributed by atoms with Crippen molar-refractivity contribution in [1.82, 2.24) is 0 Å². The summed E-state index contributed by atoms with van der Waals surface area (Å²) in [5, 5.41) is 3.93. The van der Waals surface area contributed by atoms with Crippen molar-refractivity contribution in [2.75, 3.05) is 7.11 Å². The van der Waals surface area contributed by atoms with Gasteiger partial charge in [-0.1, -0.05) is 59.7 Å². The molecule has 0 radical (unpaired) electrons. The third kappa shape index (κ3) is 4.87. The van der Waals surface area contributed by atoms with Crippen molar-refractivity contribution in [2.45, 2.75) is 25.3 Å². The van der Waals surface area contributed by atoms with Crippen LogP contribution in [0.5, 0.6) is 0 Å². The van der Waals surface area contributed by atoms with Gasteiger partial charge in [-0.15, -0.1) is 0 Å². The third-order valence-corrected chi connectivity index (χ3v) is 3.62. The normalized spacial score (nSPS) is 11.3. The van der Waals surface area contributed by atoms with Crippen molar-refractivity contribution in [3.05, 3.63) is 81.7 Å². The molecule has 2 aromatic rings. The van der Waals surface area contributed by atoms with Crippen molar-refractivity contribution in [1.29, 1.82) is 0 Å². The predicted molar refractivity (Wildman–Crippen MR) is 88.8 cm³/mol. The second-order valence-electron chi connectivity index (χ2n) is 5.19. The lowest BCUT2D eigenvalue weighted by Gasteiger charge is -2.13. The van der Waals surface area contributed by atoms with E-state index < -0.39 is 0 Å². The number of carbonyl (C=O) groups is 1. The largest absolute Gasteiger partial charge is 0.469 e. The van der Waals surface area contributed by atoms with E-state index in [0.717, 1.165) is 29.5 Å². The van der Waals surface area contributed by atoms with Crippen LogP contribution < -0.4 is 0 Å². The lowest BCUT2D eigenvalue weighted by atomic mass is 9.96. The molecule has 1 atom stereocenters. The number of azide groups is 1. The van der Waals surface area contributed by atoms with Gasteiger partial charge in [-0.05, 0) is 35.1 Å². The molecule has 0 saturated carbocycles. The lowest BCUT2D eigenvalue weighted by molar-refractivity contribution is -0.140. The highest BCUT2D eigenvalue weighted by molar-refractivity contribution is 5.69. The summed E-state index contributed by atoms with van der Waals surface area (Å²) in [6.45, 7) is 0. The highest BCUT2D eigenvalue weighted by atomic mass is 16.5. The van der Waals surface area contributed by atoms with Crippen LogP contribution in [0, 0.1) is 0 Å². The molecule has 0 amide bonds. The van der Waals surface area contributed by atoms with Gasteiger partial charge in [0.25, 0.3) is 0 Å². The van der Waals surface area contributed by atoms with Crippen LogP contribution in [0.15, 0.2) is 59.7 Å². The van der Waals surface area contributed by atoms with Crippen LogP contribution in [-0.2, 0) is 16.0 Å². The fourth-order valence-corrected chi connectivity index (χ4v) is 2.47. The zero-order chi connectivity index (χ0) is 16.5. The minimum atomic E-state index is -0.346. The lowest BCUT2D eigenvalue weighted by Crippen LogP contribution is -2.01. The van der Waals surface area contributed by atoms with E-state index in [1.807, 2.05) is 54.6 Å². The maximum Gasteiger partial charge on any atom is 0.305 e. The van der Waals surface area contributed by atoms with E-state index in [0.29, 0.717) is 6.42 Å². The number of hydrogen-bond acceptors (Lipinski definition) is 3. The number of esters is 1. The van der Waals surface area contributed by atoms with E-state index >= 15 is 0 Å². The molecule has 0 aliphatic rings. The summed E-state index contributed by atoms with van der Waals surface area (Å²) in [6.07, 6.45) is 1.91. The SMILES string of the molecule is COC(=O)CCCc1cccc(C(N=[N+]=[N-])c2ccccc2)c1. The number of benzene rings is 2. The second-order valence-corrected chi connectivity index (χ2v) is 5.19. The Kier molecular flexibility index (Phi) is 6.21. The fraction of sp³-hybridized carbons (Fsp3) is 0.278. The van der Waals surface area contributed by atoms with Crippen LogP contribution in [0.3, 0.4) is 0 Å². The third-order valence-electron chi connectivity index (χ3n) is 3.62. The number of methoxy groups -OCH3 is 1. The zero-order valence-corrected chi connectivity index (χ0v) is 13.1. The van der Waals surface area contributed by atoms with E-state index in [9.17, 15) is 4.79 Å². The van der Waals surface area contributed by atoms with Crippen LogP contribution >= 0.6 is 0 Å². The van der Waals surface area contributed by atoms with Gasteiger partial charge in [0.2, 0.25) is 0 Å². The number of aryl methyl sites for hydroxylation is 1. The molecule has 2 aromatic carbocycles. The van der Waals surface area contributed by atoms with Crippen molar-refractivity contribution < 1.29 is 9.53 Å². The van der Waals surface area contributed by atoms with Crippen LogP contribution in [0.1, 0.15) is 35.6 Å². The molecule has 0 bridgehead atoms. The minimum absolute atomic E-state index is 0.197. The molecule has 0 aromatic heterocycles. The first-order chi connectivity index (χ1) is 11.2. The molecule has 0 saturated heterocycles. The molecule has 0 N–H and O–H groups in total. The van der Waals surface area contributed by atoms with Crippen LogP contribution in [0.25, 0.3) is 10.4 Å². The molecular weight excluding hydrogens is 290 g/mol. The van der Waals surface area contributed by atoms with Crippen LogP contribution in [0.4, 0.5) is 0 Å². The second kappa shape index (κ2) is 8.61. The van der Waals surface area contributed by atoms with E-state index in [1.54, 1.807) is 0 Å². The van der Waals surface area contributed by atoms with Gasteiger partial charge < -0.3 is 4.74 Å². The van der Waals surface area contributed by atoms with E-state index in [2.05, 4.69) is 14.8 Å². The average Bonchev–Trinajstić information content (AvgIpc) is 2.60. The van der Waals surface area contributed by atoms with Gasteiger partial charge in [-0.25, -0.2) is 0 Å². The maximum atomic E-state index is 11.2. The summed E-state index contributed by atoms with van der Waals surface area (Å²) in [4.78, 5) is 14.1. The van der Waals surface area contributed by atoms with Gasteiger partial charge in [-0.3, -0.25) is 4.79 Å². The number of carbonyl (C=O) groups excluding carboxylic acids is 1. The molecule has 118 valence electrons. The quantitative estimate of drug-likeness (QED) is 0.325. The van der Waals surface area contributed by atoms with Crippen molar-refractivity contribution >= 4 is 5.97 Å². The number of nitrogens with zero attached hydrogens (tertiary/aromatic N) is 3. The average molecular weight is 309 g/mol.